The van der Waals surface area contributed by atoms with Crippen molar-refractivity contribution in [3.63, 3.8) is 0 Å². The van der Waals surface area contributed by atoms with Gasteiger partial charge in [0.1, 0.15) is 5.82 Å². The molecule has 4 rings (SSSR count). The standard InChI is InChI=1S/C17H24N4O2S/c1-24(22,23)19-13-7-8-16-15(11-13)18-17-12-20(9-10-21(16)17)14-5-3-2-4-6-14/h7-8,11,14,19H,2-6,9-10,12H2,1H3. The van der Waals surface area contributed by atoms with Crippen LogP contribution in [-0.2, 0) is 23.1 Å². The first kappa shape index (κ1) is 15.9. The predicted octanol–water partition coefficient (Wildman–Crippen LogP) is 2.56. The third-order valence-electron chi connectivity index (χ3n) is 5.18. The van der Waals surface area contributed by atoms with Gasteiger partial charge in [-0.15, -0.1) is 0 Å². The second-order valence-electron chi connectivity index (χ2n) is 7.02. The SMILES string of the molecule is CS(=O)(=O)Nc1ccc2c(c1)nc1n2CCN(C2CCCCC2)C1. The Kier molecular flexibility index (Phi) is 4.00. The smallest absolute Gasteiger partial charge is 0.229 e. The number of nitrogens with zero attached hydrogens (tertiary/aromatic N) is 3. The highest BCUT2D eigenvalue weighted by Gasteiger charge is 2.26. The Morgan fingerprint density at radius 1 is 1.17 bits per heavy atom. The summed E-state index contributed by atoms with van der Waals surface area (Å²) in [4.78, 5) is 7.35. The largest absolute Gasteiger partial charge is 0.326 e. The lowest BCUT2D eigenvalue weighted by Gasteiger charge is -2.36. The third kappa shape index (κ3) is 3.15. The van der Waals surface area contributed by atoms with Crippen LogP contribution in [0.1, 0.15) is 37.9 Å². The van der Waals surface area contributed by atoms with Gasteiger partial charge in [0.05, 0.1) is 29.5 Å². The predicted molar refractivity (Wildman–Crippen MR) is 95.5 cm³/mol. The molecule has 0 radical (unpaired) electrons. The van der Waals surface area contributed by atoms with Crippen LogP contribution in [0.2, 0.25) is 0 Å². The van der Waals surface area contributed by atoms with Crippen molar-refractivity contribution in [2.24, 2.45) is 0 Å². The molecule has 1 aromatic carbocycles. The van der Waals surface area contributed by atoms with Gasteiger partial charge in [0, 0.05) is 19.1 Å². The summed E-state index contributed by atoms with van der Waals surface area (Å²) in [5, 5.41) is 0. The van der Waals surface area contributed by atoms with Crippen LogP contribution in [0.3, 0.4) is 0 Å². The van der Waals surface area contributed by atoms with E-state index >= 15 is 0 Å². The lowest BCUT2D eigenvalue weighted by molar-refractivity contribution is 0.122. The van der Waals surface area contributed by atoms with Gasteiger partial charge in [-0.25, -0.2) is 13.4 Å². The molecule has 1 fully saturated rings. The Morgan fingerprint density at radius 3 is 2.71 bits per heavy atom. The number of rotatable bonds is 3. The van der Waals surface area contributed by atoms with Crippen LogP contribution in [0, 0.1) is 0 Å². The lowest BCUT2D eigenvalue weighted by Crippen LogP contribution is -2.42. The van der Waals surface area contributed by atoms with E-state index in [1.54, 1.807) is 0 Å². The number of anilines is 1. The summed E-state index contributed by atoms with van der Waals surface area (Å²) < 4.78 is 27.6. The quantitative estimate of drug-likeness (QED) is 0.926. The van der Waals surface area contributed by atoms with Crippen molar-refractivity contribution in [2.75, 3.05) is 17.5 Å². The minimum atomic E-state index is -3.26. The Morgan fingerprint density at radius 2 is 1.96 bits per heavy atom. The summed E-state index contributed by atoms with van der Waals surface area (Å²) in [6.45, 7) is 2.93. The second kappa shape index (κ2) is 6.04. The summed E-state index contributed by atoms with van der Waals surface area (Å²) in [5.41, 5.74) is 2.53. The first-order chi connectivity index (χ1) is 11.5. The van der Waals surface area contributed by atoms with Gasteiger partial charge in [-0.3, -0.25) is 9.62 Å². The van der Waals surface area contributed by atoms with E-state index < -0.39 is 10.0 Å². The highest BCUT2D eigenvalue weighted by Crippen LogP contribution is 2.28. The molecule has 1 aliphatic heterocycles. The van der Waals surface area contributed by atoms with Crippen molar-refractivity contribution in [1.82, 2.24) is 14.5 Å². The van der Waals surface area contributed by atoms with Crippen molar-refractivity contribution in [1.29, 1.82) is 0 Å². The van der Waals surface area contributed by atoms with Crippen LogP contribution >= 0.6 is 0 Å². The Hall–Kier alpha value is -1.60. The summed E-state index contributed by atoms with van der Waals surface area (Å²) >= 11 is 0. The molecular weight excluding hydrogens is 324 g/mol. The average molecular weight is 348 g/mol. The number of benzene rings is 1. The third-order valence-corrected chi connectivity index (χ3v) is 5.78. The van der Waals surface area contributed by atoms with E-state index in [1.165, 1.54) is 32.1 Å². The number of sulfonamides is 1. The molecule has 7 heteroatoms. The zero-order chi connectivity index (χ0) is 16.7. The van der Waals surface area contributed by atoms with Crippen LogP contribution in [0.5, 0.6) is 0 Å². The van der Waals surface area contributed by atoms with Gasteiger partial charge in [0.2, 0.25) is 10.0 Å². The van der Waals surface area contributed by atoms with E-state index in [-0.39, 0.29) is 0 Å². The lowest BCUT2D eigenvalue weighted by atomic mass is 9.94. The van der Waals surface area contributed by atoms with Crippen molar-refractivity contribution >= 4 is 26.7 Å². The molecule has 0 amide bonds. The first-order valence-electron chi connectivity index (χ1n) is 8.71. The topological polar surface area (TPSA) is 67.2 Å². The highest BCUT2D eigenvalue weighted by atomic mass is 32.2. The fourth-order valence-electron chi connectivity index (χ4n) is 4.07. The summed E-state index contributed by atoms with van der Waals surface area (Å²) in [7, 11) is -3.26. The number of aromatic nitrogens is 2. The molecule has 24 heavy (non-hydrogen) atoms. The van der Waals surface area contributed by atoms with Gasteiger partial charge < -0.3 is 4.57 Å². The Labute approximate surface area is 142 Å². The molecular formula is C17H24N4O2S. The fourth-order valence-corrected chi connectivity index (χ4v) is 4.63. The van der Waals surface area contributed by atoms with E-state index in [0.717, 1.165) is 42.7 Å². The second-order valence-corrected chi connectivity index (χ2v) is 8.77. The normalized spacial score (nSPS) is 20.2. The zero-order valence-electron chi connectivity index (χ0n) is 14.0. The van der Waals surface area contributed by atoms with Crippen molar-refractivity contribution in [3.05, 3.63) is 24.0 Å². The van der Waals surface area contributed by atoms with Crippen molar-refractivity contribution < 1.29 is 8.42 Å². The highest BCUT2D eigenvalue weighted by molar-refractivity contribution is 7.92. The van der Waals surface area contributed by atoms with Crippen LogP contribution < -0.4 is 4.72 Å². The van der Waals surface area contributed by atoms with E-state index in [1.807, 2.05) is 18.2 Å². The maximum atomic E-state index is 11.4. The van der Waals surface area contributed by atoms with E-state index in [2.05, 4.69) is 14.2 Å². The molecule has 1 aliphatic carbocycles. The summed E-state index contributed by atoms with van der Waals surface area (Å²) in [6, 6.07) is 6.31. The molecule has 130 valence electrons. The van der Waals surface area contributed by atoms with Crippen LogP contribution in [0.25, 0.3) is 11.0 Å². The minimum Gasteiger partial charge on any atom is -0.326 e. The number of hydrogen-bond acceptors (Lipinski definition) is 4. The summed E-state index contributed by atoms with van der Waals surface area (Å²) in [6.07, 6.45) is 7.85. The van der Waals surface area contributed by atoms with Gasteiger partial charge in [-0.05, 0) is 31.0 Å². The number of nitrogens with one attached hydrogen (secondary N) is 1. The molecule has 2 aromatic rings. The number of imidazole rings is 1. The maximum absolute atomic E-state index is 11.4. The Balaban J connectivity index is 1.60. The molecule has 1 N–H and O–H groups in total. The van der Waals surface area contributed by atoms with Crippen LogP contribution in [0.15, 0.2) is 18.2 Å². The molecule has 0 atom stereocenters. The van der Waals surface area contributed by atoms with Gasteiger partial charge >= 0.3 is 0 Å². The molecule has 2 aliphatic rings. The number of hydrogen-bond donors (Lipinski definition) is 1. The maximum Gasteiger partial charge on any atom is 0.229 e. The van der Waals surface area contributed by atoms with Gasteiger partial charge in [-0.1, -0.05) is 19.3 Å². The van der Waals surface area contributed by atoms with Gasteiger partial charge in [-0.2, -0.15) is 0 Å². The minimum absolute atomic E-state index is 0.574. The molecule has 2 heterocycles. The molecule has 0 saturated heterocycles. The number of fused-ring (bicyclic) bond motifs is 3. The van der Waals surface area contributed by atoms with Gasteiger partial charge in [0.25, 0.3) is 0 Å². The van der Waals surface area contributed by atoms with Crippen LogP contribution in [0.4, 0.5) is 5.69 Å². The monoisotopic (exact) mass is 348 g/mol. The van der Waals surface area contributed by atoms with Crippen molar-refractivity contribution in [3.8, 4) is 0 Å². The molecule has 1 saturated carbocycles. The van der Waals surface area contributed by atoms with E-state index in [4.69, 9.17) is 4.98 Å². The molecule has 6 nitrogen and oxygen atoms in total. The first-order valence-corrected chi connectivity index (χ1v) is 10.6. The average Bonchev–Trinajstić information content (AvgIpc) is 2.90. The zero-order valence-corrected chi connectivity index (χ0v) is 14.8. The molecule has 0 unspecified atom stereocenters. The molecule has 0 spiro atoms. The fraction of sp³-hybridized carbons (Fsp3) is 0.588. The van der Waals surface area contributed by atoms with E-state index in [9.17, 15) is 8.42 Å². The van der Waals surface area contributed by atoms with Gasteiger partial charge in [0.15, 0.2) is 0 Å². The molecule has 0 bridgehead atoms. The summed E-state index contributed by atoms with van der Waals surface area (Å²) in [5.74, 6) is 1.10. The van der Waals surface area contributed by atoms with Crippen molar-refractivity contribution in [2.45, 2.75) is 51.2 Å². The van der Waals surface area contributed by atoms with Crippen LogP contribution in [-0.4, -0.2) is 41.7 Å². The van der Waals surface area contributed by atoms with E-state index in [0.29, 0.717) is 11.7 Å². The molecule has 1 aromatic heterocycles. The Bertz CT molecular complexity index is 853.